The Morgan fingerprint density at radius 1 is 1.56 bits per heavy atom. The van der Waals surface area contributed by atoms with Crippen molar-refractivity contribution >= 4 is 11.8 Å². The molecule has 0 bridgehead atoms. The van der Waals surface area contributed by atoms with Gasteiger partial charge in [-0.15, -0.1) is 0 Å². The van der Waals surface area contributed by atoms with Gasteiger partial charge >= 0.3 is 0 Å². The normalized spacial score (nSPS) is 21.8. The smallest absolute Gasteiger partial charge is 0.0489 e. The van der Waals surface area contributed by atoms with Crippen LogP contribution in [0.15, 0.2) is 18.5 Å². The minimum Gasteiger partial charge on any atom is -0.329 e. The van der Waals surface area contributed by atoms with Gasteiger partial charge in [-0.25, -0.2) is 0 Å². The first-order chi connectivity index (χ1) is 8.53. The molecule has 0 radical (unpaired) electrons. The number of nitrogens with zero attached hydrogens (tertiary/aromatic N) is 2. The zero-order valence-corrected chi connectivity index (χ0v) is 12.3. The van der Waals surface area contributed by atoms with E-state index in [9.17, 15) is 0 Å². The molecule has 3 nitrogen and oxygen atoms in total. The van der Waals surface area contributed by atoms with Crippen molar-refractivity contribution in [3.8, 4) is 0 Å². The van der Waals surface area contributed by atoms with E-state index in [0.29, 0.717) is 17.3 Å². The van der Waals surface area contributed by atoms with Crippen molar-refractivity contribution in [2.75, 3.05) is 25.4 Å². The van der Waals surface area contributed by atoms with E-state index in [-0.39, 0.29) is 0 Å². The van der Waals surface area contributed by atoms with E-state index in [1.165, 1.54) is 16.9 Å². The van der Waals surface area contributed by atoms with Crippen molar-refractivity contribution in [2.24, 2.45) is 5.73 Å². The predicted molar refractivity (Wildman–Crippen MR) is 78.9 cm³/mol. The molecule has 100 valence electrons. The quantitative estimate of drug-likeness (QED) is 0.910. The van der Waals surface area contributed by atoms with Gasteiger partial charge in [0.05, 0.1) is 0 Å². The molecule has 1 fully saturated rings. The summed E-state index contributed by atoms with van der Waals surface area (Å²) in [6, 6.07) is 2.38. The summed E-state index contributed by atoms with van der Waals surface area (Å²) in [5.41, 5.74) is 8.59. The molecule has 18 heavy (non-hydrogen) atoms. The Labute approximate surface area is 114 Å². The van der Waals surface area contributed by atoms with Gasteiger partial charge in [-0.1, -0.05) is 0 Å². The van der Waals surface area contributed by atoms with Crippen LogP contribution in [0.5, 0.6) is 0 Å². The first-order valence-corrected chi connectivity index (χ1v) is 7.50. The fourth-order valence-corrected chi connectivity index (χ4v) is 3.75. The highest BCUT2D eigenvalue weighted by atomic mass is 32.2. The lowest BCUT2D eigenvalue weighted by Gasteiger charge is -2.42. The summed E-state index contributed by atoms with van der Waals surface area (Å²) < 4.78 is 0.321. The average Bonchev–Trinajstić information content (AvgIpc) is 2.31. The number of pyridine rings is 1. The van der Waals surface area contributed by atoms with Crippen molar-refractivity contribution in [3.05, 3.63) is 29.6 Å². The number of nitrogens with two attached hydrogens (primary N) is 1. The SMILES string of the molecule is Cc1ccncc1C(CN)N1CCSC(C)(C)C1. The van der Waals surface area contributed by atoms with Crippen LogP contribution in [0.3, 0.4) is 0 Å². The van der Waals surface area contributed by atoms with Crippen LogP contribution in [-0.4, -0.2) is 40.0 Å². The second-order valence-electron chi connectivity index (χ2n) is 5.56. The van der Waals surface area contributed by atoms with Gasteiger partial charge in [0.25, 0.3) is 0 Å². The van der Waals surface area contributed by atoms with Crippen molar-refractivity contribution in [1.82, 2.24) is 9.88 Å². The Kier molecular flexibility index (Phi) is 4.30. The zero-order chi connectivity index (χ0) is 13.2. The van der Waals surface area contributed by atoms with Gasteiger partial charge in [0.2, 0.25) is 0 Å². The highest BCUT2D eigenvalue weighted by molar-refractivity contribution is 8.00. The van der Waals surface area contributed by atoms with Gasteiger partial charge in [0, 0.05) is 48.6 Å². The highest BCUT2D eigenvalue weighted by Gasteiger charge is 2.31. The van der Waals surface area contributed by atoms with E-state index in [1.807, 2.05) is 12.4 Å². The van der Waals surface area contributed by atoms with Crippen LogP contribution in [0.1, 0.15) is 31.0 Å². The number of thioether (sulfide) groups is 1. The van der Waals surface area contributed by atoms with E-state index < -0.39 is 0 Å². The molecule has 1 aromatic rings. The van der Waals surface area contributed by atoms with Crippen LogP contribution in [0.25, 0.3) is 0 Å². The van der Waals surface area contributed by atoms with Crippen LogP contribution in [0, 0.1) is 6.92 Å². The van der Waals surface area contributed by atoms with Gasteiger partial charge in [-0.2, -0.15) is 11.8 Å². The molecule has 1 aliphatic rings. The lowest BCUT2D eigenvalue weighted by molar-refractivity contribution is 0.191. The monoisotopic (exact) mass is 265 g/mol. The Hall–Kier alpha value is -0.580. The molecule has 1 unspecified atom stereocenters. The average molecular weight is 265 g/mol. The maximum atomic E-state index is 6.02. The zero-order valence-electron chi connectivity index (χ0n) is 11.5. The molecule has 0 amide bonds. The van der Waals surface area contributed by atoms with E-state index >= 15 is 0 Å². The largest absolute Gasteiger partial charge is 0.329 e. The minimum atomic E-state index is 0.305. The summed E-state index contributed by atoms with van der Waals surface area (Å²) in [4.78, 5) is 6.77. The molecular formula is C14H23N3S. The number of rotatable bonds is 3. The van der Waals surface area contributed by atoms with E-state index in [0.717, 1.165) is 13.1 Å². The maximum absolute atomic E-state index is 6.02. The number of hydrogen-bond acceptors (Lipinski definition) is 4. The molecule has 2 rings (SSSR count). The van der Waals surface area contributed by atoms with Gasteiger partial charge in [-0.05, 0) is 38.0 Å². The first kappa shape index (κ1) is 13.8. The number of hydrogen-bond donors (Lipinski definition) is 1. The van der Waals surface area contributed by atoms with Crippen LogP contribution in [-0.2, 0) is 0 Å². The van der Waals surface area contributed by atoms with Crippen LogP contribution >= 0.6 is 11.8 Å². The summed E-state index contributed by atoms with van der Waals surface area (Å²) in [5, 5.41) is 0. The van der Waals surface area contributed by atoms with Gasteiger partial charge in [-0.3, -0.25) is 9.88 Å². The molecule has 1 saturated heterocycles. The van der Waals surface area contributed by atoms with Crippen LogP contribution in [0.4, 0.5) is 0 Å². The Morgan fingerprint density at radius 3 is 2.94 bits per heavy atom. The lowest BCUT2D eigenvalue weighted by Crippen LogP contribution is -2.46. The second-order valence-corrected chi connectivity index (χ2v) is 7.36. The molecule has 0 spiro atoms. The fourth-order valence-electron chi connectivity index (χ4n) is 2.62. The molecule has 2 heterocycles. The third-order valence-corrected chi connectivity index (χ3v) is 4.86. The fraction of sp³-hybridized carbons (Fsp3) is 0.643. The molecule has 1 atom stereocenters. The van der Waals surface area contributed by atoms with Crippen molar-refractivity contribution in [2.45, 2.75) is 31.6 Å². The topological polar surface area (TPSA) is 42.1 Å². The molecule has 0 saturated carbocycles. The van der Waals surface area contributed by atoms with Crippen molar-refractivity contribution in [1.29, 1.82) is 0 Å². The third-order valence-electron chi connectivity index (χ3n) is 3.56. The molecule has 1 aliphatic heterocycles. The molecule has 0 aromatic carbocycles. The first-order valence-electron chi connectivity index (χ1n) is 6.52. The number of aromatic nitrogens is 1. The van der Waals surface area contributed by atoms with Gasteiger partial charge < -0.3 is 5.73 Å². The van der Waals surface area contributed by atoms with Crippen LogP contribution < -0.4 is 5.73 Å². The van der Waals surface area contributed by atoms with Gasteiger partial charge in [0.15, 0.2) is 0 Å². The van der Waals surface area contributed by atoms with Crippen LogP contribution in [0.2, 0.25) is 0 Å². The second kappa shape index (κ2) is 5.59. The standard InChI is InChI=1S/C14H23N3S/c1-11-4-5-16-9-12(11)13(8-15)17-6-7-18-14(2,3)10-17/h4-5,9,13H,6-8,10,15H2,1-3H3. The number of aryl methyl sites for hydroxylation is 1. The Bertz CT molecular complexity index is 406. The maximum Gasteiger partial charge on any atom is 0.0489 e. The summed E-state index contributed by atoms with van der Waals surface area (Å²) in [5.74, 6) is 1.18. The molecule has 1 aromatic heterocycles. The predicted octanol–water partition coefficient (Wildman–Crippen LogP) is 2.22. The highest BCUT2D eigenvalue weighted by Crippen LogP contribution is 2.34. The van der Waals surface area contributed by atoms with E-state index in [1.54, 1.807) is 0 Å². The molecule has 2 N–H and O–H groups in total. The van der Waals surface area contributed by atoms with Gasteiger partial charge in [0.1, 0.15) is 0 Å². The lowest BCUT2D eigenvalue weighted by atomic mass is 10.0. The molecular weight excluding hydrogens is 242 g/mol. The summed E-state index contributed by atoms with van der Waals surface area (Å²) in [6.45, 7) is 9.63. The Balaban J connectivity index is 2.21. The third kappa shape index (κ3) is 3.05. The Morgan fingerprint density at radius 2 is 2.33 bits per heavy atom. The van der Waals surface area contributed by atoms with Crippen molar-refractivity contribution < 1.29 is 0 Å². The minimum absolute atomic E-state index is 0.305. The molecule has 4 heteroatoms. The summed E-state index contributed by atoms with van der Waals surface area (Å²) in [6.07, 6.45) is 3.82. The summed E-state index contributed by atoms with van der Waals surface area (Å²) >= 11 is 2.05. The van der Waals surface area contributed by atoms with E-state index in [2.05, 4.69) is 48.5 Å². The van der Waals surface area contributed by atoms with E-state index in [4.69, 9.17) is 5.73 Å². The van der Waals surface area contributed by atoms with Crippen molar-refractivity contribution in [3.63, 3.8) is 0 Å². The molecule has 0 aliphatic carbocycles. The summed E-state index contributed by atoms with van der Waals surface area (Å²) in [7, 11) is 0.